The Morgan fingerprint density at radius 1 is 0.611 bits per heavy atom. The van der Waals surface area contributed by atoms with Crippen molar-refractivity contribution in [3.63, 3.8) is 0 Å². The zero-order chi connectivity index (χ0) is 24.4. The molecule has 0 aliphatic carbocycles. The number of nitrogens with zero attached hydrogens (tertiary/aromatic N) is 4. The van der Waals surface area contributed by atoms with E-state index < -0.39 is 0 Å². The summed E-state index contributed by atoms with van der Waals surface area (Å²) in [5.41, 5.74) is 4.87. The van der Waals surface area contributed by atoms with Crippen molar-refractivity contribution < 1.29 is 9.47 Å². The van der Waals surface area contributed by atoms with Crippen molar-refractivity contribution in [2.75, 3.05) is 18.5 Å². The lowest BCUT2D eigenvalue weighted by Crippen LogP contribution is -2.08. The third-order valence-corrected chi connectivity index (χ3v) is 5.73. The van der Waals surface area contributed by atoms with Gasteiger partial charge in [-0.1, -0.05) is 54.6 Å². The Kier molecular flexibility index (Phi) is 7.58. The molecule has 0 aliphatic heterocycles. The Balaban J connectivity index is 1.04. The van der Waals surface area contributed by atoms with Crippen LogP contribution in [-0.4, -0.2) is 33.1 Å². The third-order valence-electron chi connectivity index (χ3n) is 5.73. The van der Waals surface area contributed by atoms with Gasteiger partial charge >= 0.3 is 0 Å². The van der Waals surface area contributed by atoms with Gasteiger partial charge in [0, 0.05) is 25.4 Å². The maximum absolute atomic E-state index is 5.95. The van der Waals surface area contributed by atoms with Gasteiger partial charge < -0.3 is 14.8 Å². The smallest absolute Gasteiger partial charge is 0.183 e. The fraction of sp³-hybridized carbons (Fsp3) is 0.172. The molecule has 0 spiro atoms. The van der Waals surface area contributed by atoms with Gasteiger partial charge in [0.05, 0.1) is 6.61 Å². The summed E-state index contributed by atoms with van der Waals surface area (Å²) in [4.78, 5) is 17.0. The molecule has 0 radical (unpaired) electrons. The number of nitrogens with one attached hydrogen (secondary N) is 1. The average molecular weight is 478 g/mol. The second-order valence-electron chi connectivity index (χ2n) is 8.29. The second kappa shape index (κ2) is 11.8. The predicted octanol–water partition coefficient (Wildman–Crippen LogP) is 5.27. The molecule has 5 rings (SSSR count). The summed E-state index contributed by atoms with van der Waals surface area (Å²) in [7, 11) is 0. The first-order valence-corrected chi connectivity index (χ1v) is 12.0. The molecule has 0 unspecified atom stereocenters. The molecule has 0 saturated carbocycles. The maximum Gasteiger partial charge on any atom is 0.183 e. The van der Waals surface area contributed by atoms with Crippen molar-refractivity contribution in [2.24, 2.45) is 0 Å². The number of fused-ring (bicyclic) bond motifs is 1. The summed E-state index contributed by atoms with van der Waals surface area (Å²) in [6.45, 7) is 1.92. The summed E-state index contributed by atoms with van der Waals surface area (Å²) in [5.74, 6) is 2.45. The van der Waals surface area contributed by atoms with Crippen LogP contribution in [0.5, 0.6) is 11.5 Å². The molecule has 36 heavy (non-hydrogen) atoms. The normalized spacial score (nSPS) is 10.8. The van der Waals surface area contributed by atoms with E-state index in [4.69, 9.17) is 9.47 Å². The average Bonchev–Trinajstić information content (AvgIpc) is 2.94. The molecule has 7 nitrogen and oxygen atoms in total. The largest absolute Gasteiger partial charge is 0.493 e. The fourth-order valence-electron chi connectivity index (χ4n) is 3.77. The van der Waals surface area contributed by atoms with E-state index in [0.29, 0.717) is 30.2 Å². The molecule has 5 aromatic rings. The Morgan fingerprint density at radius 3 is 2.14 bits per heavy atom. The van der Waals surface area contributed by atoms with Crippen LogP contribution < -0.4 is 14.8 Å². The highest BCUT2D eigenvalue weighted by Gasteiger charge is 2.05. The number of anilines is 1. The van der Waals surface area contributed by atoms with Crippen molar-refractivity contribution in [1.29, 1.82) is 0 Å². The lowest BCUT2D eigenvalue weighted by atomic mass is 10.1. The first kappa shape index (κ1) is 23.2. The predicted molar refractivity (Wildman–Crippen MR) is 140 cm³/mol. The molecular formula is C29H27N5O2. The van der Waals surface area contributed by atoms with Gasteiger partial charge in [0.15, 0.2) is 11.5 Å². The Morgan fingerprint density at radius 2 is 1.31 bits per heavy atom. The van der Waals surface area contributed by atoms with E-state index in [0.717, 1.165) is 36.4 Å². The zero-order valence-corrected chi connectivity index (χ0v) is 19.9. The summed E-state index contributed by atoms with van der Waals surface area (Å²) >= 11 is 0. The van der Waals surface area contributed by atoms with Crippen LogP contribution in [-0.2, 0) is 19.4 Å². The molecule has 0 atom stereocenters. The quantitative estimate of drug-likeness (QED) is 0.277. The van der Waals surface area contributed by atoms with Gasteiger partial charge in [-0.15, -0.1) is 0 Å². The molecule has 0 aliphatic rings. The van der Waals surface area contributed by atoms with E-state index >= 15 is 0 Å². The maximum atomic E-state index is 5.95. The summed E-state index contributed by atoms with van der Waals surface area (Å²) < 4.78 is 11.8. The number of hydrogen-bond acceptors (Lipinski definition) is 7. The lowest BCUT2D eigenvalue weighted by Gasteiger charge is -2.10. The number of para-hydroxylation sites is 1. The molecule has 0 amide bonds. The summed E-state index contributed by atoms with van der Waals surface area (Å²) in [6.07, 6.45) is 6.48. The molecule has 2 aromatic heterocycles. The highest BCUT2D eigenvalue weighted by atomic mass is 16.5. The number of ether oxygens (including phenoxy) is 2. The highest BCUT2D eigenvalue weighted by Crippen LogP contribution is 2.16. The summed E-state index contributed by atoms with van der Waals surface area (Å²) in [5, 5.41) is 3.33. The number of rotatable bonds is 11. The van der Waals surface area contributed by atoms with Gasteiger partial charge in [0.2, 0.25) is 0 Å². The number of hydrogen-bond donors (Lipinski definition) is 1. The standard InChI is InChI=1S/C29H27N5O2/c1-2-4-25(5-3-1)36-20-24-8-6-23(7-9-24)15-19-35-26-12-10-22(11-13-26)14-16-31-28-27-29(34-21-33-28)32-18-17-30-27/h1-13,17-18,21H,14-16,19-20H2,(H,31,32,33,34). The van der Waals surface area contributed by atoms with Crippen LogP contribution >= 0.6 is 0 Å². The van der Waals surface area contributed by atoms with Crippen molar-refractivity contribution in [1.82, 2.24) is 19.9 Å². The van der Waals surface area contributed by atoms with E-state index in [-0.39, 0.29) is 0 Å². The van der Waals surface area contributed by atoms with Crippen LogP contribution in [0.15, 0.2) is 97.6 Å². The van der Waals surface area contributed by atoms with Crippen LogP contribution in [0.25, 0.3) is 11.2 Å². The van der Waals surface area contributed by atoms with Crippen LogP contribution in [0.1, 0.15) is 16.7 Å². The summed E-state index contributed by atoms with van der Waals surface area (Å²) in [6, 6.07) is 26.6. The number of aromatic nitrogens is 4. The Hall–Kier alpha value is -4.52. The van der Waals surface area contributed by atoms with Gasteiger partial charge in [0.1, 0.15) is 29.9 Å². The Bertz CT molecular complexity index is 1370. The van der Waals surface area contributed by atoms with Gasteiger partial charge in [-0.25, -0.2) is 19.9 Å². The molecule has 0 bridgehead atoms. The molecule has 180 valence electrons. The van der Waals surface area contributed by atoms with Crippen LogP contribution in [0.3, 0.4) is 0 Å². The van der Waals surface area contributed by atoms with E-state index in [1.807, 2.05) is 42.5 Å². The van der Waals surface area contributed by atoms with Gasteiger partial charge in [-0.05, 0) is 47.4 Å². The van der Waals surface area contributed by atoms with E-state index in [2.05, 4.69) is 61.7 Å². The van der Waals surface area contributed by atoms with Gasteiger partial charge in [-0.3, -0.25) is 0 Å². The van der Waals surface area contributed by atoms with Crippen LogP contribution in [0, 0.1) is 0 Å². The lowest BCUT2D eigenvalue weighted by molar-refractivity contribution is 0.306. The molecule has 2 heterocycles. The molecule has 7 heteroatoms. The molecule has 3 aromatic carbocycles. The van der Waals surface area contributed by atoms with Crippen molar-refractivity contribution in [3.05, 3.63) is 114 Å². The fourth-order valence-corrected chi connectivity index (χ4v) is 3.77. The zero-order valence-electron chi connectivity index (χ0n) is 19.9. The number of benzene rings is 3. The first-order chi connectivity index (χ1) is 17.8. The second-order valence-corrected chi connectivity index (χ2v) is 8.29. The molecule has 0 saturated heterocycles. The van der Waals surface area contributed by atoms with Gasteiger partial charge in [0.25, 0.3) is 0 Å². The molecule has 1 N–H and O–H groups in total. The van der Waals surface area contributed by atoms with E-state index in [1.54, 1.807) is 12.4 Å². The highest BCUT2D eigenvalue weighted by molar-refractivity contribution is 5.81. The minimum atomic E-state index is 0.562. The van der Waals surface area contributed by atoms with Crippen LogP contribution in [0.2, 0.25) is 0 Å². The van der Waals surface area contributed by atoms with E-state index in [1.165, 1.54) is 17.5 Å². The van der Waals surface area contributed by atoms with Gasteiger partial charge in [-0.2, -0.15) is 0 Å². The minimum absolute atomic E-state index is 0.562. The minimum Gasteiger partial charge on any atom is -0.493 e. The van der Waals surface area contributed by atoms with Crippen molar-refractivity contribution >= 4 is 17.0 Å². The monoisotopic (exact) mass is 477 g/mol. The van der Waals surface area contributed by atoms with Crippen molar-refractivity contribution in [3.8, 4) is 11.5 Å². The molecular weight excluding hydrogens is 450 g/mol. The topological polar surface area (TPSA) is 82.0 Å². The van der Waals surface area contributed by atoms with Crippen LogP contribution in [0.4, 0.5) is 5.82 Å². The third kappa shape index (κ3) is 6.33. The van der Waals surface area contributed by atoms with Crippen molar-refractivity contribution in [2.45, 2.75) is 19.4 Å². The first-order valence-electron chi connectivity index (χ1n) is 12.0. The van der Waals surface area contributed by atoms with E-state index in [9.17, 15) is 0 Å². The Labute approximate surface area is 210 Å². The SMILES string of the molecule is c1ccc(OCc2ccc(CCOc3ccc(CCNc4ncnc5nccnc45)cc3)cc2)cc1. The molecule has 0 fully saturated rings.